The highest BCUT2D eigenvalue weighted by molar-refractivity contribution is 5.72. The van der Waals surface area contributed by atoms with E-state index in [9.17, 15) is 4.79 Å². The second kappa shape index (κ2) is 5.63. The Bertz CT molecular complexity index is 737. The summed E-state index contributed by atoms with van der Waals surface area (Å²) in [7, 11) is 0. The summed E-state index contributed by atoms with van der Waals surface area (Å²) in [5.41, 5.74) is 1.92. The van der Waals surface area contributed by atoms with Crippen molar-refractivity contribution in [1.29, 1.82) is 0 Å². The van der Waals surface area contributed by atoms with Crippen LogP contribution >= 0.6 is 0 Å². The molecule has 0 aromatic carbocycles. The molecule has 0 radical (unpaired) electrons. The van der Waals surface area contributed by atoms with Gasteiger partial charge in [-0.2, -0.15) is 0 Å². The molecule has 3 saturated carbocycles. The molecule has 2 heterocycles. The molecule has 6 aliphatic rings. The Morgan fingerprint density at radius 3 is 2.50 bits per heavy atom. The predicted molar refractivity (Wildman–Crippen MR) is 104 cm³/mol. The lowest BCUT2D eigenvalue weighted by Gasteiger charge is -2.59. The van der Waals surface area contributed by atoms with Crippen LogP contribution in [0, 0.1) is 28.6 Å². The topological polar surface area (TPSA) is 44.8 Å². The maximum absolute atomic E-state index is 12.0. The number of rotatable bonds is 0. The summed E-state index contributed by atoms with van der Waals surface area (Å²) in [6.45, 7) is 6.48. The maximum atomic E-state index is 12.0. The van der Waals surface area contributed by atoms with E-state index in [-0.39, 0.29) is 22.8 Å². The average molecular weight is 387 g/mol. The van der Waals surface area contributed by atoms with Gasteiger partial charge in [-0.25, -0.2) is 0 Å². The van der Waals surface area contributed by atoms with Crippen LogP contribution in [0.5, 0.6) is 0 Å². The first-order valence-electron chi connectivity index (χ1n) is 11.6. The summed E-state index contributed by atoms with van der Waals surface area (Å²) in [6, 6.07) is 0. The number of ether oxygens (including phenoxy) is 3. The van der Waals surface area contributed by atoms with Crippen LogP contribution in [0.15, 0.2) is 11.6 Å². The summed E-state index contributed by atoms with van der Waals surface area (Å²) in [5.74, 6) is 1.91. The molecule has 5 fully saturated rings. The van der Waals surface area contributed by atoms with Crippen molar-refractivity contribution >= 4 is 5.97 Å². The Kier molecular flexibility index (Phi) is 3.61. The summed E-state index contributed by atoms with van der Waals surface area (Å²) >= 11 is 0. The van der Waals surface area contributed by atoms with Gasteiger partial charge in [-0.3, -0.25) is 4.79 Å². The second-order valence-corrected chi connectivity index (χ2v) is 11.0. The Balaban J connectivity index is 1.31. The molecular formula is C24H34O4. The van der Waals surface area contributed by atoms with E-state index in [0.29, 0.717) is 17.8 Å². The molecule has 2 saturated heterocycles. The fraction of sp³-hybridized carbons (Fsp3) is 0.875. The van der Waals surface area contributed by atoms with Crippen molar-refractivity contribution in [3.05, 3.63) is 11.6 Å². The van der Waals surface area contributed by atoms with Gasteiger partial charge in [0.1, 0.15) is 5.60 Å². The third-order valence-corrected chi connectivity index (χ3v) is 10.3. The predicted octanol–water partition coefficient (Wildman–Crippen LogP) is 4.77. The Hall–Kier alpha value is -0.870. The lowest BCUT2D eigenvalue weighted by molar-refractivity contribution is -0.189. The minimum absolute atomic E-state index is 0.0379. The van der Waals surface area contributed by atoms with Crippen molar-refractivity contribution in [1.82, 2.24) is 0 Å². The molecule has 4 aliphatic carbocycles. The van der Waals surface area contributed by atoms with E-state index in [1.807, 2.05) is 0 Å². The van der Waals surface area contributed by atoms with E-state index >= 15 is 0 Å². The molecule has 2 spiro atoms. The van der Waals surface area contributed by atoms with Gasteiger partial charge >= 0.3 is 5.97 Å². The average Bonchev–Trinajstić information content (AvgIpc) is 3.36. The maximum Gasteiger partial charge on any atom is 0.306 e. The summed E-state index contributed by atoms with van der Waals surface area (Å²) in [4.78, 5) is 12.0. The lowest BCUT2D eigenvalue weighted by atomic mass is 9.46. The van der Waals surface area contributed by atoms with Gasteiger partial charge in [0.25, 0.3) is 0 Å². The van der Waals surface area contributed by atoms with Crippen LogP contribution in [-0.4, -0.2) is 30.6 Å². The standard InChI is InChI=1S/C24H34O4/c1-21-11-12-24(26-13-14-27-24)15-16(21)3-4-17-18(21)5-8-22(2)19(17)6-9-23(22)10-7-20(25)28-23/h3,17-19H,4-15H2,1-2H3/t17-,18+,19+,21+,22+,23-/m1/s1. The molecule has 0 N–H and O–H groups in total. The molecular weight excluding hydrogens is 352 g/mol. The van der Waals surface area contributed by atoms with Gasteiger partial charge in [0.15, 0.2) is 5.79 Å². The van der Waals surface area contributed by atoms with E-state index in [4.69, 9.17) is 14.2 Å². The monoisotopic (exact) mass is 386 g/mol. The van der Waals surface area contributed by atoms with Crippen LogP contribution in [0.3, 0.4) is 0 Å². The molecule has 0 aromatic heterocycles. The highest BCUT2D eigenvalue weighted by Gasteiger charge is 2.67. The van der Waals surface area contributed by atoms with Crippen molar-refractivity contribution < 1.29 is 19.0 Å². The normalized spacial score (nSPS) is 51.6. The number of hydrogen-bond donors (Lipinski definition) is 0. The molecule has 4 nitrogen and oxygen atoms in total. The van der Waals surface area contributed by atoms with Gasteiger partial charge in [0, 0.05) is 24.7 Å². The van der Waals surface area contributed by atoms with Crippen molar-refractivity contribution in [2.75, 3.05) is 13.2 Å². The smallest absolute Gasteiger partial charge is 0.306 e. The summed E-state index contributed by atoms with van der Waals surface area (Å²) in [5, 5.41) is 0. The van der Waals surface area contributed by atoms with Crippen LogP contribution in [0.1, 0.15) is 78.1 Å². The second-order valence-electron chi connectivity index (χ2n) is 11.0. The van der Waals surface area contributed by atoms with E-state index in [1.54, 1.807) is 5.57 Å². The largest absolute Gasteiger partial charge is 0.458 e. The van der Waals surface area contributed by atoms with Gasteiger partial charge in [-0.1, -0.05) is 25.5 Å². The van der Waals surface area contributed by atoms with Gasteiger partial charge in [-0.15, -0.1) is 0 Å². The molecule has 28 heavy (non-hydrogen) atoms. The van der Waals surface area contributed by atoms with Crippen LogP contribution in [0.25, 0.3) is 0 Å². The van der Waals surface area contributed by atoms with Crippen molar-refractivity contribution in [2.24, 2.45) is 28.6 Å². The van der Waals surface area contributed by atoms with Crippen molar-refractivity contribution in [3.8, 4) is 0 Å². The van der Waals surface area contributed by atoms with E-state index < -0.39 is 0 Å². The summed E-state index contributed by atoms with van der Waals surface area (Å²) in [6.07, 6.45) is 13.3. The zero-order valence-corrected chi connectivity index (χ0v) is 17.4. The Morgan fingerprint density at radius 1 is 0.964 bits per heavy atom. The first-order chi connectivity index (χ1) is 13.4. The van der Waals surface area contributed by atoms with Gasteiger partial charge in [0.2, 0.25) is 0 Å². The Labute approximate surface area is 168 Å². The lowest BCUT2D eigenvalue weighted by Crippen LogP contribution is -2.55. The molecule has 154 valence electrons. The fourth-order valence-electron chi connectivity index (χ4n) is 8.64. The van der Waals surface area contributed by atoms with Crippen molar-refractivity contribution in [2.45, 2.75) is 89.4 Å². The minimum atomic E-state index is -0.323. The highest BCUT2D eigenvalue weighted by atomic mass is 16.7. The number of fused-ring (bicyclic) bond motifs is 6. The van der Waals surface area contributed by atoms with E-state index in [2.05, 4.69) is 19.9 Å². The van der Waals surface area contributed by atoms with Crippen LogP contribution in [-0.2, 0) is 19.0 Å². The molecule has 0 amide bonds. The zero-order valence-electron chi connectivity index (χ0n) is 17.4. The third-order valence-electron chi connectivity index (χ3n) is 10.3. The van der Waals surface area contributed by atoms with Gasteiger partial charge < -0.3 is 14.2 Å². The van der Waals surface area contributed by atoms with Gasteiger partial charge in [-0.05, 0) is 68.1 Å². The quantitative estimate of drug-likeness (QED) is 0.444. The molecule has 0 bridgehead atoms. The van der Waals surface area contributed by atoms with Crippen LogP contribution in [0.2, 0.25) is 0 Å². The molecule has 4 heteroatoms. The molecule has 0 unspecified atom stereocenters. The van der Waals surface area contributed by atoms with Crippen molar-refractivity contribution in [3.63, 3.8) is 0 Å². The highest BCUT2D eigenvalue weighted by Crippen LogP contribution is 2.69. The number of allylic oxidation sites excluding steroid dienone is 1. The first kappa shape index (κ1) is 17.9. The number of carbonyl (C=O) groups excluding carboxylic acids is 1. The van der Waals surface area contributed by atoms with Crippen LogP contribution < -0.4 is 0 Å². The number of hydrogen-bond acceptors (Lipinski definition) is 4. The fourth-order valence-corrected chi connectivity index (χ4v) is 8.64. The Morgan fingerprint density at radius 2 is 1.75 bits per heavy atom. The van der Waals surface area contributed by atoms with Crippen LogP contribution in [0.4, 0.5) is 0 Å². The zero-order chi connectivity index (χ0) is 19.2. The first-order valence-corrected chi connectivity index (χ1v) is 11.6. The van der Waals surface area contributed by atoms with E-state index in [0.717, 1.165) is 50.7 Å². The molecule has 6 atom stereocenters. The molecule has 2 aliphatic heterocycles. The SMILES string of the molecule is C[C@]12CCC3(CC1=CC[C@@H]1[C@@H]2CC[C@@]2(C)[C@H]1CC[C@@]21CCC(=O)O1)OCCO3. The number of carbonyl (C=O) groups is 1. The van der Waals surface area contributed by atoms with Gasteiger partial charge in [0.05, 0.1) is 13.2 Å². The number of esters is 1. The molecule has 6 rings (SSSR count). The van der Waals surface area contributed by atoms with E-state index in [1.165, 1.54) is 32.1 Å². The molecule has 0 aromatic rings. The summed E-state index contributed by atoms with van der Waals surface area (Å²) < 4.78 is 18.2. The minimum Gasteiger partial charge on any atom is -0.458 e. The third kappa shape index (κ3) is 2.12.